The number of nitrogens with one attached hydrogen (secondary N) is 2. The molecule has 2 N–H and O–H groups in total. The second-order valence-corrected chi connectivity index (χ2v) is 4.40. The molecule has 22 heavy (non-hydrogen) atoms. The fourth-order valence-electron chi connectivity index (χ4n) is 1.90. The second kappa shape index (κ2) is 6.70. The Morgan fingerprint density at radius 3 is 2.82 bits per heavy atom. The zero-order valence-corrected chi connectivity index (χ0v) is 11.8. The molecule has 1 aromatic carbocycles. The average molecular weight is 307 g/mol. The van der Waals surface area contributed by atoms with E-state index in [2.05, 4.69) is 5.32 Å². The van der Waals surface area contributed by atoms with Gasteiger partial charge in [-0.05, 0) is 18.1 Å². The molecule has 7 nitrogen and oxygen atoms in total. The molecule has 2 rings (SSSR count). The van der Waals surface area contributed by atoms with Gasteiger partial charge in [-0.25, -0.2) is 14.2 Å². The molecule has 0 spiro atoms. The van der Waals surface area contributed by atoms with Crippen LogP contribution in [0.2, 0.25) is 0 Å². The molecule has 0 saturated heterocycles. The second-order valence-electron chi connectivity index (χ2n) is 4.40. The third kappa shape index (κ3) is 3.40. The molecule has 2 aromatic rings. The number of para-hydroxylation sites is 1. The number of ether oxygens (including phenoxy) is 1. The number of aromatic amines is 1. The van der Waals surface area contributed by atoms with Gasteiger partial charge in [0.1, 0.15) is 5.75 Å². The molecule has 8 heteroatoms. The summed E-state index contributed by atoms with van der Waals surface area (Å²) < 4.78 is 18.8. The Balaban J connectivity index is 2.03. The number of nitrogens with zero attached hydrogens (tertiary/aromatic N) is 1. The lowest BCUT2D eigenvalue weighted by Gasteiger charge is -2.09. The van der Waals surface area contributed by atoms with Gasteiger partial charge in [0.05, 0.1) is 13.3 Å². The SMILES string of the molecule is COc1ccccc1CCNC(=O)n1cc(F)c(=O)[nH]c1=O. The quantitative estimate of drug-likeness (QED) is 0.859. The first-order valence-electron chi connectivity index (χ1n) is 6.44. The van der Waals surface area contributed by atoms with Crippen LogP contribution < -0.4 is 21.3 Å². The molecule has 0 atom stereocenters. The van der Waals surface area contributed by atoms with Crippen molar-refractivity contribution in [3.05, 3.63) is 62.7 Å². The van der Waals surface area contributed by atoms with Gasteiger partial charge in [0, 0.05) is 6.54 Å². The fourth-order valence-corrected chi connectivity index (χ4v) is 1.90. The number of methoxy groups -OCH3 is 1. The van der Waals surface area contributed by atoms with Crippen molar-refractivity contribution in [3.63, 3.8) is 0 Å². The van der Waals surface area contributed by atoms with Gasteiger partial charge in [-0.15, -0.1) is 0 Å². The van der Waals surface area contributed by atoms with Crippen LogP contribution in [0.5, 0.6) is 5.75 Å². The maximum absolute atomic E-state index is 13.1. The molecule has 116 valence electrons. The summed E-state index contributed by atoms with van der Waals surface area (Å²) in [7, 11) is 1.54. The van der Waals surface area contributed by atoms with Crippen molar-refractivity contribution in [2.75, 3.05) is 13.7 Å². The number of halogens is 1. The Hall–Kier alpha value is -2.90. The van der Waals surface area contributed by atoms with E-state index in [1.807, 2.05) is 18.2 Å². The van der Waals surface area contributed by atoms with Crippen LogP contribution in [0.1, 0.15) is 5.56 Å². The Morgan fingerprint density at radius 2 is 2.09 bits per heavy atom. The minimum atomic E-state index is -1.21. The number of amides is 1. The predicted molar refractivity (Wildman–Crippen MR) is 76.8 cm³/mol. The first-order valence-corrected chi connectivity index (χ1v) is 6.44. The lowest BCUT2D eigenvalue weighted by Crippen LogP contribution is -2.41. The van der Waals surface area contributed by atoms with Gasteiger partial charge in [0.15, 0.2) is 0 Å². The lowest BCUT2D eigenvalue weighted by atomic mass is 10.1. The smallest absolute Gasteiger partial charge is 0.336 e. The standard InChI is InChI=1S/C14H14FN3O4/c1-22-11-5-3-2-4-9(11)6-7-16-13(20)18-8-10(15)12(19)17-14(18)21/h2-5,8H,6-7H2,1H3,(H,16,20)(H,17,19,21). The van der Waals surface area contributed by atoms with Gasteiger partial charge in [0.2, 0.25) is 5.82 Å². The van der Waals surface area contributed by atoms with E-state index in [0.29, 0.717) is 22.9 Å². The maximum Gasteiger partial charge on any atom is 0.336 e. The van der Waals surface area contributed by atoms with Crippen molar-refractivity contribution in [3.8, 4) is 5.75 Å². The van der Waals surface area contributed by atoms with Crippen LogP contribution in [0.4, 0.5) is 9.18 Å². The van der Waals surface area contributed by atoms with Crippen molar-refractivity contribution >= 4 is 6.03 Å². The van der Waals surface area contributed by atoms with Crippen LogP contribution in [-0.2, 0) is 6.42 Å². The topological polar surface area (TPSA) is 93.2 Å². The van der Waals surface area contributed by atoms with Crippen molar-refractivity contribution < 1.29 is 13.9 Å². The fraction of sp³-hybridized carbons (Fsp3) is 0.214. The van der Waals surface area contributed by atoms with Crippen LogP contribution in [0.15, 0.2) is 40.1 Å². The largest absolute Gasteiger partial charge is 0.496 e. The molecule has 0 aliphatic heterocycles. The van der Waals surface area contributed by atoms with Gasteiger partial charge in [-0.3, -0.25) is 9.78 Å². The van der Waals surface area contributed by atoms with Crippen LogP contribution >= 0.6 is 0 Å². The van der Waals surface area contributed by atoms with Gasteiger partial charge >= 0.3 is 11.7 Å². The van der Waals surface area contributed by atoms with E-state index in [-0.39, 0.29) is 6.54 Å². The number of carbonyl (C=O) groups is 1. The monoisotopic (exact) mass is 307 g/mol. The van der Waals surface area contributed by atoms with Crippen LogP contribution in [0, 0.1) is 5.82 Å². The Morgan fingerprint density at radius 1 is 1.36 bits per heavy atom. The summed E-state index contributed by atoms with van der Waals surface area (Å²) in [5, 5.41) is 2.47. The van der Waals surface area contributed by atoms with Crippen LogP contribution in [0.3, 0.4) is 0 Å². The number of benzene rings is 1. The van der Waals surface area contributed by atoms with E-state index < -0.39 is 23.1 Å². The van der Waals surface area contributed by atoms with E-state index in [1.54, 1.807) is 18.2 Å². The van der Waals surface area contributed by atoms with E-state index in [0.717, 1.165) is 5.56 Å². The van der Waals surface area contributed by atoms with Crippen molar-refractivity contribution in [1.29, 1.82) is 0 Å². The first kappa shape index (κ1) is 15.5. The molecule has 1 heterocycles. The zero-order valence-electron chi connectivity index (χ0n) is 11.8. The number of H-pyrrole nitrogens is 1. The molecule has 0 aliphatic carbocycles. The van der Waals surface area contributed by atoms with E-state index in [4.69, 9.17) is 4.74 Å². The number of carbonyl (C=O) groups excluding carboxylic acids is 1. The molecular formula is C14H14FN3O4. The summed E-state index contributed by atoms with van der Waals surface area (Å²) in [6.45, 7) is 0.215. The molecule has 1 amide bonds. The summed E-state index contributed by atoms with van der Waals surface area (Å²) in [6.07, 6.45) is 1.02. The number of aromatic nitrogens is 2. The van der Waals surface area contributed by atoms with Crippen LogP contribution in [-0.4, -0.2) is 29.2 Å². The molecule has 0 aliphatic rings. The number of hydrogen-bond donors (Lipinski definition) is 2. The highest BCUT2D eigenvalue weighted by Crippen LogP contribution is 2.17. The number of hydrogen-bond acceptors (Lipinski definition) is 4. The summed E-state index contributed by atoms with van der Waals surface area (Å²) in [4.78, 5) is 35.8. The number of rotatable bonds is 4. The molecule has 0 saturated carbocycles. The van der Waals surface area contributed by atoms with Crippen LogP contribution in [0.25, 0.3) is 0 Å². The third-order valence-corrected chi connectivity index (χ3v) is 2.98. The highest BCUT2D eigenvalue weighted by molar-refractivity contribution is 5.76. The molecular weight excluding hydrogens is 293 g/mol. The van der Waals surface area contributed by atoms with Gasteiger partial charge in [-0.2, -0.15) is 4.39 Å². The van der Waals surface area contributed by atoms with Gasteiger partial charge < -0.3 is 10.1 Å². The van der Waals surface area contributed by atoms with Crippen molar-refractivity contribution in [2.24, 2.45) is 0 Å². The first-order chi connectivity index (χ1) is 10.5. The highest BCUT2D eigenvalue weighted by Gasteiger charge is 2.10. The summed E-state index contributed by atoms with van der Waals surface area (Å²) in [6, 6.07) is 6.47. The minimum Gasteiger partial charge on any atom is -0.496 e. The normalized spacial score (nSPS) is 10.3. The van der Waals surface area contributed by atoms with Crippen molar-refractivity contribution in [1.82, 2.24) is 14.9 Å². The zero-order chi connectivity index (χ0) is 16.1. The summed E-state index contributed by atoms with van der Waals surface area (Å²) in [5.74, 6) is -0.525. The van der Waals surface area contributed by atoms with E-state index in [9.17, 15) is 18.8 Å². The molecule has 0 fully saturated rings. The molecule has 0 bridgehead atoms. The Bertz CT molecular complexity index is 797. The van der Waals surface area contributed by atoms with E-state index in [1.165, 1.54) is 0 Å². The van der Waals surface area contributed by atoms with Crippen molar-refractivity contribution in [2.45, 2.75) is 6.42 Å². The van der Waals surface area contributed by atoms with E-state index >= 15 is 0 Å². The average Bonchev–Trinajstić information content (AvgIpc) is 2.51. The Kier molecular flexibility index (Phi) is 4.72. The third-order valence-electron chi connectivity index (χ3n) is 2.98. The minimum absolute atomic E-state index is 0.215. The predicted octanol–water partition coefficient (Wildman–Crippen LogP) is 0.485. The highest BCUT2D eigenvalue weighted by atomic mass is 19.1. The molecule has 0 unspecified atom stereocenters. The summed E-state index contributed by atoms with van der Waals surface area (Å²) >= 11 is 0. The molecule has 0 radical (unpaired) electrons. The van der Waals surface area contributed by atoms with Gasteiger partial charge in [0.25, 0.3) is 5.56 Å². The maximum atomic E-state index is 13.1. The van der Waals surface area contributed by atoms with Gasteiger partial charge in [-0.1, -0.05) is 18.2 Å². The summed E-state index contributed by atoms with van der Waals surface area (Å²) in [5.41, 5.74) is -1.28. The Labute approximate surface area is 124 Å². The molecule has 1 aromatic heterocycles. The lowest BCUT2D eigenvalue weighted by molar-refractivity contribution is 0.241.